The number of carbonyl (C=O) groups is 1. The van der Waals surface area contributed by atoms with E-state index in [1.54, 1.807) is 7.11 Å². The van der Waals surface area contributed by atoms with Gasteiger partial charge in [0.15, 0.2) is 5.96 Å². The fourth-order valence-electron chi connectivity index (χ4n) is 3.07. The highest BCUT2D eigenvalue weighted by molar-refractivity contribution is 14.0. The van der Waals surface area contributed by atoms with Gasteiger partial charge in [-0.25, -0.2) is 4.99 Å². The summed E-state index contributed by atoms with van der Waals surface area (Å²) in [6, 6.07) is 8.70. The molecule has 0 spiro atoms. The minimum absolute atomic E-state index is 0. The lowest BCUT2D eigenvalue weighted by Crippen LogP contribution is -2.41. The molecule has 0 saturated carbocycles. The molecule has 8 heteroatoms. The molecule has 1 amide bonds. The van der Waals surface area contributed by atoms with Gasteiger partial charge < -0.3 is 20.7 Å². The topological polar surface area (TPSA) is 78.0 Å². The molecule has 0 bridgehead atoms. The van der Waals surface area contributed by atoms with Crippen LogP contribution in [0.5, 0.6) is 5.75 Å². The van der Waals surface area contributed by atoms with E-state index in [-0.39, 0.29) is 36.4 Å². The Hall–Kier alpha value is -1.55. The number of nitrogens with zero attached hydrogens (tertiary/aromatic N) is 2. The lowest BCUT2D eigenvalue weighted by molar-refractivity contribution is -0.119. The number of ether oxygens (including phenoxy) is 1. The van der Waals surface area contributed by atoms with E-state index in [0.717, 1.165) is 37.4 Å². The molecule has 0 aliphatic carbocycles. The van der Waals surface area contributed by atoms with Crippen LogP contribution >= 0.6 is 24.0 Å². The molecule has 0 unspecified atom stereocenters. The van der Waals surface area contributed by atoms with Crippen LogP contribution in [-0.4, -0.2) is 62.1 Å². The first-order valence-electron chi connectivity index (χ1n) is 10.5. The van der Waals surface area contributed by atoms with Gasteiger partial charge >= 0.3 is 0 Å². The van der Waals surface area contributed by atoms with Crippen LogP contribution in [0.1, 0.15) is 46.6 Å². The molecule has 7 nitrogen and oxygen atoms in total. The van der Waals surface area contributed by atoms with Crippen LogP contribution in [0.4, 0.5) is 0 Å². The standard InChI is InChI=1S/C22H39N5O2.HI/c1-7-23-22(24-13-8-14-27(17(2)3)18(4)5)26-16-21(28)25-15-19-9-11-20(29-6)12-10-19;/h9-12,17-18H,7-8,13-16H2,1-6H3,(H,25,28)(H2,23,24,26);1H. The minimum atomic E-state index is -0.108. The number of carbonyl (C=O) groups excluding carboxylic acids is 1. The molecule has 0 aliphatic rings. The molecule has 1 rings (SSSR count). The summed E-state index contributed by atoms with van der Waals surface area (Å²) in [5.41, 5.74) is 1.02. The highest BCUT2D eigenvalue weighted by atomic mass is 127. The highest BCUT2D eigenvalue weighted by Crippen LogP contribution is 2.10. The Kier molecular flexibility index (Phi) is 15.3. The van der Waals surface area contributed by atoms with Gasteiger partial charge in [-0.05, 0) is 58.7 Å². The van der Waals surface area contributed by atoms with E-state index in [2.05, 4.69) is 53.5 Å². The van der Waals surface area contributed by atoms with E-state index in [4.69, 9.17) is 4.74 Å². The Morgan fingerprint density at radius 3 is 2.23 bits per heavy atom. The highest BCUT2D eigenvalue weighted by Gasteiger charge is 2.12. The summed E-state index contributed by atoms with van der Waals surface area (Å²) >= 11 is 0. The van der Waals surface area contributed by atoms with E-state index in [1.807, 2.05) is 31.2 Å². The number of hydrogen-bond acceptors (Lipinski definition) is 4. The summed E-state index contributed by atoms with van der Waals surface area (Å²) < 4.78 is 5.14. The van der Waals surface area contributed by atoms with E-state index >= 15 is 0 Å². The van der Waals surface area contributed by atoms with Crippen LogP contribution < -0.4 is 20.7 Å². The fraction of sp³-hybridized carbons (Fsp3) is 0.636. The van der Waals surface area contributed by atoms with Gasteiger partial charge in [0.1, 0.15) is 12.3 Å². The van der Waals surface area contributed by atoms with Crippen LogP contribution in [0.2, 0.25) is 0 Å². The maximum Gasteiger partial charge on any atom is 0.242 e. The zero-order valence-corrected chi connectivity index (χ0v) is 21.7. The second-order valence-corrected chi connectivity index (χ2v) is 7.53. The van der Waals surface area contributed by atoms with Crippen LogP contribution in [0, 0.1) is 0 Å². The molecule has 3 N–H and O–H groups in total. The zero-order valence-electron chi connectivity index (χ0n) is 19.3. The molecule has 1 aromatic carbocycles. The Balaban J connectivity index is 0.00000841. The number of amides is 1. The summed E-state index contributed by atoms with van der Waals surface area (Å²) in [6.07, 6.45) is 1.02. The SMILES string of the molecule is CCNC(=NCC(=O)NCc1ccc(OC)cc1)NCCCN(C(C)C)C(C)C.I. The normalized spacial score (nSPS) is 11.4. The van der Waals surface area contributed by atoms with Gasteiger partial charge in [0.2, 0.25) is 5.91 Å². The van der Waals surface area contributed by atoms with Gasteiger partial charge in [-0.1, -0.05) is 12.1 Å². The van der Waals surface area contributed by atoms with Crippen molar-refractivity contribution in [1.29, 1.82) is 0 Å². The fourth-order valence-corrected chi connectivity index (χ4v) is 3.07. The number of nitrogens with one attached hydrogen (secondary N) is 3. The Bertz CT molecular complexity index is 612. The number of methoxy groups -OCH3 is 1. The number of hydrogen-bond donors (Lipinski definition) is 3. The molecular weight excluding hydrogens is 493 g/mol. The van der Waals surface area contributed by atoms with Crippen molar-refractivity contribution in [2.45, 2.75) is 59.7 Å². The van der Waals surface area contributed by atoms with Crippen molar-refractivity contribution in [3.8, 4) is 5.75 Å². The smallest absolute Gasteiger partial charge is 0.242 e. The molecule has 0 fully saturated rings. The van der Waals surface area contributed by atoms with Gasteiger partial charge in [-0.15, -0.1) is 24.0 Å². The summed E-state index contributed by atoms with van der Waals surface area (Å²) in [7, 11) is 1.63. The predicted molar refractivity (Wildman–Crippen MR) is 136 cm³/mol. The third kappa shape index (κ3) is 11.6. The quantitative estimate of drug-likeness (QED) is 0.167. The molecule has 0 aromatic heterocycles. The first-order chi connectivity index (χ1) is 13.9. The monoisotopic (exact) mass is 533 g/mol. The Morgan fingerprint density at radius 1 is 1.07 bits per heavy atom. The summed E-state index contributed by atoms with van der Waals surface area (Å²) in [5.74, 6) is 1.37. The molecular formula is C22H40IN5O2. The number of benzene rings is 1. The summed E-state index contributed by atoms with van der Waals surface area (Å²) in [4.78, 5) is 19.0. The van der Waals surface area contributed by atoms with Crippen molar-refractivity contribution in [2.24, 2.45) is 4.99 Å². The minimum Gasteiger partial charge on any atom is -0.497 e. The van der Waals surface area contributed by atoms with Crippen LogP contribution in [0.25, 0.3) is 0 Å². The maximum absolute atomic E-state index is 12.1. The molecule has 172 valence electrons. The van der Waals surface area contributed by atoms with Gasteiger partial charge in [0, 0.05) is 38.3 Å². The van der Waals surface area contributed by atoms with E-state index in [1.165, 1.54) is 0 Å². The lowest BCUT2D eigenvalue weighted by Gasteiger charge is -2.30. The van der Waals surface area contributed by atoms with Crippen molar-refractivity contribution < 1.29 is 9.53 Å². The molecule has 0 atom stereocenters. The molecule has 30 heavy (non-hydrogen) atoms. The molecule has 0 aliphatic heterocycles. The van der Waals surface area contributed by atoms with E-state index < -0.39 is 0 Å². The summed E-state index contributed by atoms with van der Waals surface area (Å²) in [6.45, 7) is 14.1. The largest absolute Gasteiger partial charge is 0.497 e. The predicted octanol–water partition coefficient (Wildman–Crippen LogP) is 2.99. The number of aliphatic imine (C=N–C) groups is 1. The zero-order chi connectivity index (χ0) is 21.6. The van der Waals surface area contributed by atoms with E-state index in [0.29, 0.717) is 24.6 Å². The van der Waals surface area contributed by atoms with Crippen molar-refractivity contribution in [1.82, 2.24) is 20.9 Å². The number of guanidine groups is 1. The van der Waals surface area contributed by atoms with Crippen molar-refractivity contribution in [3.63, 3.8) is 0 Å². The van der Waals surface area contributed by atoms with Crippen molar-refractivity contribution in [2.75, 3.05) is 33.3 Å². The lowest BCUT2D eigenvalue weighted by atomic mass is 10.2. The molecule has 0 heterocycles. The number of halogens is 1. The van der Waals surface area contributed by atoms with Gasteiger partial charge in [-0.2, -0.15) is 0 Å². The average molecular weight is 533 g/mol. The summed E-state index contributed by atoms with van der Waals surface area (Å²) in [5, 5.41) is 9.40. The van der Waals surface area contributed by atoms with Gasteiger partial charge in [0.25, 0.3) is 0 Å². The first-order valence-corrected chi connectivity index (χ1v) is 10.5. The van der Waals surface area contributed by atoms with Crippen LogP contribution in [0.3, 0.4) is 0 Å². The average Bonchev–Trinajstić information content (AvgIpc) is 2.69. The first kappa shape index (κ1) is 28.5. The van der Waals surface area contributed by atoms with Crippen LogP contribution in [0.15, 0.2) is 29.3 Å². The van der Waals surface area contributed by atoms with Gasteiger partial charge in [-0.3, -0.25) is 9.69 Å². The molecule has 0 saturated heterocycles. The third-order valence-corrected chi connectivity index (χ3v) is 4.59. The molecule has 0 radical (unpaired) electrons. The van der Waals surface area contributed by atoms with Crippen molar-refractivity contribution in [3.05, 3.63) is 29.8 Å². The Morgan fingerprint density at radius 2 is 1.70 bits per heavy atom. The number of rotatable bonds is 12. The second-order valence-electron chi connectivity index (χ2n) is 7.53. The maximum atomic E-state index is 12.1. The van der Waals surface area contributed by atoms with Crippen molar-refractivity contribution >= 4 is 35.8 Å². The molecule has 1 aromatic rings. The van der Waals surface area contributed by atoms with Crippen LogP contribution in [-0.2, 0) is 11.3 Å². The second kappa shape index (κ2) is 16.2. The van der Waals surface area contributed by atoms with E-state index in [9.17, 15) is 4.79 Å². The third-order valence-electron chi connectivity index (χ3n) is 4.59. The van der Waals surface area contributed by atoms with Gasteiger partial charge in [0.05, 0.1) is 7.11 Å². The Labute approximate surface area is 199 Å².